The average Bonchev–Trinajstić information content (AvgIpc) is 3.18. The molecule has 0 bridgehead atoms. The van der Waals surface area contributed by atoms with Crippen molar-refractivity contribution < 1.29 is 27.5 Å². The van der Waals surface area contributed by atoms with Crippen LogP contribution in [0.5, 0.6) is 5.75 Å². The van der Waals surface area contributed by atoms with E-state index in [0.29, 0.717) is 21.6 Å². The molecule has 9 nitrogen and oxygen atoms in total. The Balaban J connectivity index is 1.84. The third-order valence-electron chi connectivity index (χ3n) is 4.10. The Bertz CT molecular complexity index is 1040. The van der Waals surface area contributed by atoms with Crippen molar-refractivity contribution in [2.24, 2.45) is 5.92 Å². The molecule has 2 heterocycles. The molecule has 1 aromatic heterocycles. The van der Waals surface area contributed by atoms with Crippen LogP contribution in [0.1, 0.15) is 29.9 Å². The first-order valence-electron chi connectivity index (χ1n) is 8.68. The molecule has 2 aromatic rings. The fourth-order valence-corrected chi connectivity index (χ4v) is 4.67. The summed E-state index contributed by atoms with van der Waals surface area (Å²) in [7, 11) is -4.27. The van der Waals surface area contributed by atoms with Crippen molar-refractivity contribution in [2.45, 2.75) is 20.3 Å². The highest BCUT2D eigenvalue weighted by atomic mass is 32.2. The van der Waals surface area contributed by atoms with Gasteiger partial charge in [-0.25, -0.2) is 18.4 Å². The Labute approximate surface area is 170 Å². The summed E-state index contributed by atoms with van der Waals surface area (Å²) in [5.74, 6) is -2.40. The number of nitrogens with zero attached hydrogens (tertiary/aromatic N) is 2. The second-order valence-corrected chi connectivity index (χ2v) is 9.46. The molecule has 0 saturated carbocycles. The van der Waals surface area contributed by atoms with Crippen molar-refractivity contribution in [3.8, 4) is 16.3 Å². The van der Waals surface area contributed by atoms with Crippen LogP contribution < -0.4 is 14.3 Å². The molecule has 1 aromatic carbocycles. The summed E-state index contributed by atoms with van der Waals surface area (Å²) < 4.78 is 40.6. The number of benzene rings is 1. The zero-order valence-corrected chi connectivity index (χ0v) is 17.2. The fraction of sp³-hybridized carbons (Fsp3) is 0.353. The summed E-state index contributed by atoms with van der Waals surface area (Å²) in [6.45, 7) is 3.97. The van der Waals surface area contributed by atoms with Gasteiger partial charge in [0.25, 0.3) is 11.8 Å². The van der Waals surface area contributed by atoms with Gasteiger partial charge in [0.15, 0.2) is 5.82 Å². The lowest BCUT2D eigenvalue weighted by Gasteiger charge is -2.17. The molecule has 1 aliphatic rings. The molecule has 1 saturated heterocycles. The van der Waals surface area contributed by atoms with Crippen LogP contribution in [0.3, 0.4) is 0 Å². The van der Waals surface area contributed by atoms with E-state index in [2.05, 4.69) is 10.3 Å². The van der Waals surface area contributed by atoms with Gasteiger partial charge in [0.1, 0.15) is 27.9 Å². The van der Waals surface area contributed by atoms with Gasteiger partial charge in [0, 0.05) is 12.1 Å². The number of hydrogen-bond acceptors (Lipinski definition) is 7. The van der Waals surface area contributed by atoms with Crippen LogP contribution in [0, 0.1) is 11.7 Å². The number of aromatic nitrogens is 1. The van der Waals surface area contributed by atoms with Crippen molar-refractivity contribution in [3.05, 3.63) is 29.0 Å². The molecule has 0 aliphatic carbocycles. The van der Waals surface area contributed by atoms with Crippen molar-refractivity contribution in [3.63, 3.8) is 0 Å². The van der Waals surface area contributed by atoms with E-state index in [-0.39, 0.29) is 16.5 Å². The molecule has 156 valence electrons. The number of carbonyl (C=O) groups excluding carboxylic acids is 2. The fourth-order valence-electron chi connectivity index (χ4n) is 2.67. The van der Waals surface area contributed by atoms with Gasteiger partial charge in [-0.05, 0) is 24.5 Å². The molecule has 3 rings (SSSR count). The zero-order valence-electron chi connectivity index (χ0n) is 15.6. The predicted octanol–water partition coefficient (Wildman–Crippen LogP) is 1.61. The third-order valence-corrected chi connectivity index (χ3v) is 6.52. The van der Waals surface area contributed by atoms with E-state index in [1.807, 2.05) is 13.8 Å². The topological polar surface area (TPSA) is 129 Å². The Morgan fingerprint density at radius 2 is 2.17 bits per heavy atom. The van der Waals surface area contributed by atoms with Crippen LogP contribution in [-0.2, 0) is 15.0 Å². The normalized spacial score (nSPS) is 15.6. The molecule has 3 N–H and O–H groups in total. The van der Waals surface area contributed by atoms with Gasteiger partial charge >= 0.3 is 10.2 Å². The van der Waals surface area contributed by atoms with E-state index in [0.717, 1.165) is 29.9 Å². The van der Waals surface area contributed by atoms with Gasteiger partial charge in [-0.2, -0.15) is 8.42 Å². The minimum absolute atomic E-state index is 0.172. The Hall–Kier alpha value is -2.73. The summed E-state index contributed by atoms with van der Waals surface area (Å²) in [4.78, 5) is 27.9. The maximum absolute atomic E-state index is 14.6. The van der Waals surface area contributed by atoms with Gasteiger partial charge < -0.3 is 10.4 Å². The van der Waals surface area contributed by atoms with Crippen LogP contribution >= 0.6 is 11.3 Å². The van der Waals surface area contributed by atoms with Crippen LogP contribution in [0.2, 0.25) is 0 Å². The van der Waals surface area contributed by atoms with Gasteiger partial charge in [0.2, 0.25) is 0 Å². The average molecular weight is 442 g/mol. The second-order valence-electron chi connectivity index (χ2n) is 6.83. The monoisotopic (exact) mass is 442 g/mol. The van der Waals surface area contributed by atoms with Crippen LogP contribution in [-0.4, -0.2) is 43.4 Å². The SMILES string of the molecule is CC(C)CCNC(=O)c1cnc(-c2cc(O)c(N3CC(=O)NS3(=O)=O)c(F)c2)s1. The lowest BCUT2D eigenvalue weighted by atomic mass is 10.1. The van der Waals surface area contributed by atoms with E-state index in [1.54, 1.807) is 4.72 Å². The summed E-state index contributed by atoms with van der Waals surface area (Å²) in [5.41, 5.74) is -0.457. The van der Waals surface area contributed by atoms with Crippen molar-refractivity contribution in [2.75, 3.05) is 17.4 Å². The first kappa shape index (κ1) is 21.0. The Kier molecular flexibility index (Phi) is 5.75. The maximum Gasteiger partial charge on any atom is 0.326 e. The first-order valence-corrected chi connectivity index (χ1v) is 10.9. The van der Waals surface area contributed by atoms with Crippen LogP contribution in [0.25, 0.3) is 10.6 Å². The van der Waals surface area contributed by atoms with E-state index in [9.17, 15) is 27.5 Å². The molecule has 0 unspecified atom stereocenters. The highest BCUT2D eigenvalue weighted by molar-refractivity contribution is 7.92. The van der Waals surface area contributed by atoms with Gasteiger partial charge in [-0.3, -0.25) is 9.59 Å². The summed E-state index contributed by atoms with van der Waals surface area (Å²) >= 11 is 1.01. The standard InChI is InChI=1S/C17H19FN4O5S2/c1-9(2)3-4-19-16(25)13-7-20-17(28-13)10-5-11(18)15(12(23)6-10)22-8-14(24)21-29(22,26)27/h5-7,9,23H,3-4,8H2,1-2H3,(H,19,25)(H,21,24). The smallest absolute Gasteiger partial charge is 0.326 e. The van der Waals surface area contributed by atoms with E-state index < -0.39 is 39.9 Å². The Morgan fingerprint density at radius 1 is 1.45 bits per heavy atom. The molecule has 0 atom stereocenters. The third kappa shape index (κ3) is 4.48. The first-order chi connectivity index (χ1) is 13.6. The molecular weight excluding hydrogens is 423 g/mol. The van der Waals surface area contributed by atoms with Gasteiger partial charge in [0.05, 0.1) is 6.20 Å². The second kappa shape index (κ2) is 7.95. The Morgan fingerprint density at radius 3 is 2.76 bits per heavy atom. The molecule has 1 aliphatic heterocycles. The van der Waals surface area contributed by atoms with E-state index in [4.69, 9.17) is 0 Å². The van der Waals surface area contributed by atoms with Crippen molar-refractivity contribution in [1.82, 2.24) is 15.0 Å². The maximum atomic E-state index is 14.6. The van der Waals surface area contributed by atoms with E-state index >= 15 is 0 Å². The molecule has 1 fully saturated rings. The van der Waals surface area contributed by atoms with Crippen molar-refractivity contribution >= 4 is 39.0 Å². The summed E-state index contributed by atoms with van der Waals surface area (Å²) in [6, 6.07) is 2.13. The highest BCUT2D eigenvalue weighted by Gasteiger charge is 2.37. The number of thiazole rings is 1. The number of hydrogen-bond donors (Lipinski definition) is 3. The minimum atomic E-state index is -4.27. The molecule has 29 heavy (non-hydrogen) atoms. The highest BCUT2D eigenvalue weighted by Crippen LogP contribution is 2.38. The van der Waals surface area contributed by atoms with Crippen LogP contribution in [0.15, 0.2) is 18.3 Å². The molecule has 12 heteroatoms. The molecule has 0 spiro atoms. The minimum Gasteiger partial charge on any atom is -0.506 e. The lowest BCUT2D eigenvalue weighted by molar-refractivity contribution is -0.117. The summed E-state index contributed by atoms with van der Waals surface area (Å²) in [5, 5.41) is 13.3. The van der Waals surface area contributed by atoms with Gasteiger partial charge in [-0.15, -0.1) is 11.3 Å². The summed E-state index contributed by atoms with van der Waals surface area (Å²) in [6.07, 6.45) is 2.18. The number of halogens is 1. The number of phenolic OH excluding ortho intramolecular Hbond substituents is 1. The molecular formula is C17H19FN4O5S2. The number of nitrogens with one attached hydrogen (secondary N) is 2. The zero-order chi connectivity index (χ0) is 21.3. The number of rotatable bonds is 6. The number of aromatic hydroxyl groups is 1. The van der Waals surface area contributed by atoms with E-state index in [1.165, 1.54) is 6.20 Å². The van der Waals surface area contributed by atoms with Gasteiger partial charge in [-0.1, -0.05) is 13.8 Å². The lowest BCUT2D eigenvalue weighted by Crippen LogP contribution is -2.30. The number of anilines is 1. The molecule has 2 amide bonds. The number of amides is 2. The predicted molar refractivity (Wildman–Crippen MR) is 105 cm³/mol. The number of phenols is 1. The number of carbonyl (C=O) groups is 2. The largest absolute Gasteiger partial charge is 0.506 e. The molecule has 0 radical (unpaired) electrons. The van der Waals surface area contributed by atoms with Crippen molar-refractivity contribution in [1.29, 1.82) is 0 Å². The quantitative estimate of drug-likeness (QED) is 0.623. The van der Waals surface area contributed by atoms with Crippen LogP contribution in [0.4, 0.5) is 10.1 Å².